The lowest BCUT2D eigenvalue weighted by atomic mass is 9.99. The first-order valence-electron chi connectivity index (χ1n) is 7.34. The molecule has 0 bridgehead atoms. The Balaban J connectivity index is 2.18. The summed E-state index contributed by atoms with van der Waals surface area (Å²) in [6.07, 6.45) is -4.72. The number of halogens is 3. The highest BCUT2D eigenvalue weighted by molar-refractivity contribution is 7.94. The van der Waals surface area contributed by atoms with Gasteiger partial charge in [0.2, 0.25) is 5.76 Å². The van der Waals surface area contributed by atoms with E-state index >= 15 is 0 Å². The monoisotopic (exact) mass is 379 g/mol. The number of hydrogen-bond donors (Lipinski definition) is 0. The molecule has 0 radical (unpaired) electrons. The van der Waals surface area contributed by atoms with Crippen LogP contribution in [0.1, 0.15) is 5.76 Å². The largest absolute Gasteiger partial charge is 0.453 e. The molecule has 1 aromatic heterocycles. The standard InChI is InChI=1S/C18H12F3NO3S/c1-2-26(23,24)14-10-8-13(9-11-14)16-15(12-6-4-3-5-7-12)17(25-22-16)18(19,20)21/h2-11H,1H2. The van der Waals surface area contributed by atoms with Crippen LogP contribution in [0.25, 0.3) is 22.4 Å². The average Bonchev–Trinajstić information content (AvgIpc) is 3.08. The van der Waals surface area contributed by atoms with Gasteiger partial charge in [0.1, 0.15) is 5.69 Å². The Morgan fingerprint density at radius 2 is 1.58 bits per heavy atom. The zero-order valence-corrected chi connectivity index (χ0v) is 14.0. The number of nitrogens with zero attached hydrogens (tertiary/aromatic N) is 1. The highest BCUT2D eigenvalue weighted by atomic mass is 32.2. The van der Waals surface area contributed by atoms with Gasteiger partial charge >= 0.3 is 6.18 Å². The number of aromatic nitrogens is 1. The molecule has 3 aromatic rings. The van der Waals surface area contributed by atoms with Crippen molar-refractivity contribution in [3.05, 3.63) is 72.3 Å². The van der Waals surface area contributed by atoms with Gasteiger partial charge < -0.3 is 4.52 Å². The van der Waals surface area contributed by atoms with Crippen LogP contribution >= 0.6 is 0 Å². The fourth-order valence-corrected chi connectivity index (χ4v) is 3.16. The van der Waals surface area contributed by atoms with Crippen LogP contribution in [0.3, 0.4) is 0 Å². The first-order valence-corrected chi connectivity index (χ1v) is 8.89. The maximum Gasteiger partial charge on any atom is 0.453 e. The molecule has 2 aromatic carbocycles. The summed E-state index contributed by atoms with van der Waals surface area (Å²) in [5, 5.41) is 4.38. The molecular formula is C18H12F3NO3S. The van der Waals surface area contributed by atoms with Gasteiger partial charge in [-0.2, -0.15) is 13.2 Å². The Labute approximate surface area is 147 Å². The van der Waals surface area contributed by atoms with Crippen LogP contribution in [0.4, 0.5) is 13.2 Å². The van der Waals surface area contributed by atoms with E-state index in [0.717, 1.165) is 5.41 Å². The van der Waals surface area contributed by atoms with Gasteiger partial charge in [-0.1, -0.05) is 54.2 Å². The van der Waals surface area contributed by atoms with Gasteiger partial charge in [0, 0.05) is 11.0 Å². The molecule has 0 unspecified atom stereocenters. The van der Waals surface area contributed by atoms with Crippen LogP contribution in [0, 0.1) is 0 Å². The topological polar surface area (TPSA) is 60.2 Å². The van der Waals surface area contributed by atoms with Gasteiger partial charge in [0.15, 0.2) is 9.84 Å². The maximum absolute atomic E-state index is 13.3. The van der Waals surface area contributed by atoms with Crippen LogP contribution in [0.5, 0.6) is 0 Å². The SMILES string of the molecule is C=CS(=O)(=O)c1ccc(-c2noc(C(F)(F)F)c2-c2ccccc2)cc1. The van der Waals surface area contributed by atoms with Gasteiger partial charge in [-0.05, 0) is 17.7 Å². The highest BCUT2D eigenvalue weighted by Gasteiger charge is 2.41. The summed E-state index contributed by atoms with van der Waals surface area (Å²) in [6.45, 7) is 3.23. The van der Waals surface area contributed by atoms with Gasteiger partial charge in [-0.3, -0.25) is 0 Å². The molecule has 3 rings (SSSR count). The molecule has 0 fully saturated rings. The zero-order chi connectivity index (χ0) is 18.9. The molecular weight excluding hydrogens is 367 g/mol. The number of rotatable bonds is 4. The molecule has 8 heteroatoms. The molecule has 0 spiro atoms. The summed E-state index contributed by atoms with van der Waals surface area (Å²) >= 11 is 0. The van der Waals surface area contributed by atoms with E-state index in [2.05, 4.69) is 16.3 Å². The van der Waals surface area contributed by atoms with E-state index < -0.39 is 21.8 Å². The van der Waals surface area contributed by atoms with Crippen molar-refractivity contribution in [2.24, 2.45) is 0 Å². The first-order chi connectivity index (χ1) is 12.2. The molecule has 4 nitrogen and oxygen atoms in total. The average molecular weight is 379 g/mol. The molecule has 0 aliphatic carbocycles. The van der Waals surface area contributed by atoms with E-state index in [9.17, 15) is 21.6 Å². The van der Waals surface area contributed by atoms with Crippen LogP contribution in [0.15, 0.2) is 76.0 Å². The predicted molar refractivity (Wildman–Crippen MR) is 89.8 cm³/mol. The molecule has 0 aliphatic heterocycles. The van der Waals surface area contributed by atoms with Gasteiger partial charge in [0.05, 0.1) is 10.5 Å². The van der Waals surface area contributed by atoms with Crippen molar-refractivity contribution >= 4 is 9.84 Å². The molecule has 0 amide bonds. The van der Waals surface area contributed by atoms with E-state index in [1.165, 1.54) is 36.4 Å². The molecule has 0 N–H and O–H groups in total. The minimum absolute atomic E-state index is 0.0166. The minimum atomic E-state index is -4.72. The van der Waals surface area contributed by atoms with Crippen molar-refractivity contribution in [2.45, 2.75) is 11.1 Å². The molecule has 134 valence electrons. The second-order valence-electron chi connectivity index (χ2n) is 5.34. The van der Waals surface area contributed by atoms with Crippen molar-refractivity contribution in [1.82, 2.24) is 5.16 Å². The van der Waals surface area contributed by atoms with Crippen LogP contribution in [0.2, 0.25) is 0 Å². The lowest BCUT2D eigenvalue weighted by Crippen LogP contribution is -2.05. The fourth-order valence-electron chi connectivity index (χ4n) is 2.45. The highest BCUT2D eigenvalue weighted by Crippen LogP contribution is 2.42. The molecule has 0 saturated carbocycles. The predicted octanol–water partition coefficient (Wildman–Crippen LogP) is 4.94. The minimum Gasteiger partial charge on any atom is -0.350 e. The van der Waals surface area contributed by atoms with Crippen LogP contribution in [-0.4, -0.2) is 13.6 Å². The summed E-state index contributed by atoms with van der Waals surface area (Å²) in [5.74, 6) is -1.21. The van der Waals surface area contributed by atoms with Gasteiger partial charge in [-0.15, -0.1) is 0 Å². The lowest BCUT2D eigenvalue weighted by molar-refractivity contribution is -0.154. The number of sulfone groups is 1. The summed E-state index contributed by atoms with van der Waals surface area (Å²) in [4.78, 5) is -0.0166. The summed E-state index contributed by atoms with van der Waals surface area (Å²) in [5.41, 5.74) is 0.369. The van der Waals surface area contributed by atoms with E-state index in [4.69, 9.17) is 0 Å². The van der Waals surface area contributed by atoms with E-state index in [1.54, 1.807) is 18.2 Å². The third-order valence-electron chi connectivity index (χ3n) is 3.69. The Bertz CT molecular complexity index is 1040. The van der Waals surface area contributed by atoms with Crippen molar-refractivity contribution in [1.29, 1.82) is 0 Å². The Kier molecular flexibility index (Phi) is 4.45. The third kappa shape index (κ3) is 3.28. The summed E-state index contributed by atoms with van der Waals surface area (Å²) in [7, 11) is -3.64. The summed E-state index contributed by atoms with van der Waals surface area (Å²) in [6, 6.07) is 13.2. The Morgan fingerprint density at radius 1 is 0.962 bits per heavy atom. The number of benzene rings is 2. The Morgan fingerprint density at radius 3 is 2.12 bits per heavy atom. The normalized spacial score (nSPS) is 12.1. The van der Waals surface area contributed by atoms with E-state index in [1.807, 2.05) is 0 Å². The second-order valence-corrected chi connectivity index (χ2v) is 7.23. The van der Waals surface area contributed by atoms with Crippen molar-refractivity contribution in [3.8, 4) is 22.4 Å². The van der Waals surface area contributed by atoms with Crippen molar-refractivity contribution in [3.63, 3.8) is 0 Å². The van der Waals surface area contributed by atoms with Crippen molar-refractivity contribution in [2.75, 3.05) is 0 Å². The fraction of sp³-hybridized carbons (Fsp3) is 0.0556. The van der Waals surface area contributed by atoms with Crippen LogP contribution in [-0.2, 0) is 16.0 Å². The second kappa shape index (κ2) is 6.45. The first kappa shape index (κ1) is 17.9. The van der Waals surface area contributed by atoms with E-state index in [-0.39, 0.29) is 16.2 Å². The van der Waals surface area contributed by atoms with Gasteiger partial charge in [0.25, 0.3) is 0 Å². The molecule has 0 aliphatic rings. The lowest BCUT2D eigenvalue weighted by Gasteiger charge is -2.07. The van der Waals surface area contributed by atoms with E-state index in [0.29, 0.717) is 11.1 Å². The third-order valence-corrected chi connectivity index (χ3v) is 5.06. The van der Waals surface area contributed by atoms with Crippen LogP contribution < -0.4 is 0 Å². The maximum atomic E-state index is 13.3. The Hall–Kier alpha value is -2.87. The smallest absolute Gasteiger partial charge is 0.350 e. The number of hydrogen-bond acceptors (Lipinski definition) is 4. The quantitative estimate of drug-likeness (QED) is 0.644. The van der Waals surface area contributed by atoms with Gasteiger partial charge in [-0.25, -0.2) is 8.42 Å². The summed E-state index contributed by atoms with van der Waals surface area (Å²) < 4.78 is 68.0. The zero-order valence-electron chi connectivity index (χ0n) is 13.2. The molecule has 0 saturated heterocycles. The molecule has 26 heavy (non-hydrogen) atoms. The molecule has 1 heterocycles. The number of alkyl halides is 3. The molecule has 0 atom stereocenters. The van der Waals surface area contributed by atoms with Crippen molar-refractivity contribution < 1.29 is 26.1 Å².